The van der Waals surface area contributed by atoms with Crippen LogP contribution < -0.4 is 9.47 Å². The minimum Gasteiger partial charge on any atom is -0.493 e. The van der Waals surface area contributed by atoms with Gasteiger partial charge in [0.05, 0.1) is 20.3 Å². The summed E-state index contributed by atoms with van der Waals surface area (Å²) in [5.74, 6) is 2.34. The van der Waals surface area contributed by atoms with E-state index in [0.717, 1.165) is 35.8 Å². The minimum absolute atomic E-state index is 0.247. The first-order valence-electron chi connectivity index (χ1n) is 6.62. The van der Waals surface area contributed by atoms with Gasteiger partial charge in [0.15, 0.2) is 11.5 Å². The van der Waals surface area contributed by atoms with E-state index in [4.69, 9.17) is 9.47 Å². The van der Waals surface area contributed by atoms with Gasteiger partial charge in [0.1, 0.15) is 0 Å². The molecule has 3 heteroatoms. The van der Waals surface area contributed by atoms with Crippen molar-refractivity contribution in [3.8, 4) is 11.5 Å². The van der Waals surface area contributed by atoms with Gasteiger partial charge in [0.25, 0.3) is 0 Å². The lowest BCUT2D eigenvalue weighted by atomic mass is 10.0. The van der Waals surface area contributed by atoms with E-state index in [9.17, 15) is 5.11 Å². The lowest BCUT2D eigenvalue weighted by Gasteiger charge is -2.13. The molecule has 100 valence electrons. The fourth-order valence-corrected chi connectivity index (χ4v) is 2.22. The molecule has 3 nitrogen and oxygen atoms in total. The second kappa shape index (κ2) is 6.10. The first-order valence-corrected chi connectivity index (χ1v) is 6.62. The van der Waals surface area contributed by atoms with E-state index in [1.165, 1.54) is 12.8 Å². The van der Waals surface area contributed by atoms with Crippen molar-refractivity contribution in [2.75, 3.05) is 14.2 Å². The molecule has 0 bridgehead atoms. The first kappa shape index (κ1) is 13.2. The van der Waals surface area contributed by atoms with Crippen molar-refractivity contribution >= 4 is 0 Å². The van der Waals surface area contributed by atoms with Crippen LogP contribution in [0.15, 0.2) is 18.2 Å². The quantitative estimate of drug-likeness (QED) is 0.808. The summed E-state index contributed by atoms with van der Waals surface area (Å²) in [6.45, 7) is 0. The molecule has 0 amide bonds. The Balaban J connectivity index is 1.90. The molecular weight excluding hydrogens is 228 g/mol. The van der Waals surface area contributed by atoms with Crippen LogP contribution in [0.3, 0.4) is 0 Å². The number of benzene rings is 1. The molecule has 18 heavy (non-hydrogen) atoms. The molecule has 1 aromatic carbocycles. The molecule has 1 atom stereocenters. The number of hydrogen-bond acceptors (Lipinski definition) is 3. The Hall–Kier alpha value is -1.22. The second-order valence-corrected chi connectivity index (χ2v) is 5.07. The fourth-order valence-electron chi connectivity index (χ4n) is 2.22. The number of methoxy groups -OCH3 is 2. The van der Waals surface area contributed by atoms with Crippen LogP contribution in [0.2, 0.25) is 0 Å². The van der Waals surface area contributed by atoms with Crippen molar-refractivity contribution in [3.63, 3.8) is 0 Å². The summed E-state index contributed by atoms with van der Waals surface area (Å²) in [4.78, 5) is 0. The van der Waals surface area contributed by atoms with Crippen LogP contribution in [0.1, 0.15) is 31.2 Å². The zero-order chi connectivity index (χ0) is 13.0. The van der Waals surface area contributed by atoms with E-state index >= 15 is 0 Å². The lowest BCUT2D eigenvalue weighted by Crippen LogP contribution is -2.10. The molecule has 0 aliphatic heterocycles. The number of ether oxygens (including phenoxy) is 2. The van der Waals surface area contributed by atoms with Crippen molar-refractivity contribution in [1.29, 1.82) is 0 Å². The van der Waals surface area contributed by atoms with E-state index in [1.54, 1.807) is 14.2 Å². The van der Waals surface area contributed by atoms with Crippen LogP contribution in [0.4, 0.5) is 0 Å². The Kier molecular flexibility index (Phi) is 4.48. The zero-order valence-corrected chi connectivity index (χ0v) is 11.2. The summed E-state index contributed by atoms with van der Waals surface area (Å²) in [6.07, 6.45) is 5.20. The van der Waals surface area contributed by atoms with Crippen molar-refractivity contribution in [2.24, 2.45) is 5.92 Å². The summed E-state index contributed by atoms with van der Waals surface area (Å²) < 4.78 is 10.5. The largest absolute Gasteiger partial charge is 0.493 e. The number of hydrogen-bond donors (Lipinski definition) is 1. The Morgan fingerprint density at radius 1 is 1.22 bits per heavy atom. The molecule has 0 heterocycles. The van der Waals surface area contributed by atoms with E-state index in [0.29, 0.717) is 6.42 Å². The van der Waals surface area contributed by atoms with Gasteiger partial charge in [-0.25, -0.2) is 0 Å². The summed E-state index contributed by atoms with van der Waals surface area (Å²) in [7, 11) is 3.26. The summed E-state index contributed by atoms with van der Waals surface area (Å²) in [5.41, 5.74) is 1.09. The highest BCUT2D eigenvalue weighted by molar-refractivity contribution is 5.43. The van der Waals surface area contributed by atoms with E-state index in [2.05, 4.69) is 0 Å². The molecular formula is C15H22O3. The molecule has 1 fully saturated rings. The van der Waals surface area contributed by atoms with Crippen LogP contribution in [0, 0.1) is 5.92 Å². The average molecular weight is 250 g/mol. The number of aliphatic hydroxyl groups is 1. The molecule has 1 aliphatic rings. The second-order valence-electron chi connectivity index (χ2n) is 5.07. The molecule has 0 aromatic heterocycles. The van der Waals surface area contributed by atoms with Gasteiger partial charge in [-0.1, -0.05) is 18.9 Å². The summed E-state index contributed by atoms with van der Waals surface area (Å²) >= 11 is 0. The molecule has 0 radical (unpaired) electrons. The normalized spacial score (nSPS) is 16.4. The third-order valence-corrected chi connectivity index (χ3v) is 3.52. The maximum atomic E-state index is 10.00. The molecule has 1 saturated carbocycles. The standard InChI is InChI=1S/C15H22O3/c1-17-14-8-6-12(10-15(14)18-2)9-13(16)7-5-11-3-4-11/h6,8,10-11,13,16H,3-5,7,9H2,1-2H3. The van der Waals surface area contributed by atoms with Crippen molar-refractivity contribution in [3.05, 3.63) is 23.8 Å². The highest BCUT2D eigenvalue weighted by Crippen LogP contribution is 2.34. The average Bonchev–Trinajstić information content (AvgIpc) is 3.20. The Labute approximate surface area is 109 Å². The van der Waals surface area contributed by atoms with Crippen molar-refractivity contribution in [1.82, 2.24) is 0 Å². The van der Waals surface area contributed by atoms with Gasteiger partial charge < -0.3 is 14.6 Å². The topological polar surface area (TPSA) is 38.7 Å². The lowest BCUT2D eigenvalue weighted by molar-refractivity contribution is 0.160. The summed E-state index contributed by atoms with van der Waals surface area (Å²) in [6, 6.07) is 5.82. The maximum absolute atomic E-state index is 10.00. The molecule has 0 spiro atoms. The van der Waals surface area contributed by atoms with Gasteiger partial charge in [-0.15, -0.1) is 0 Å². The van der Waals surface area contributed by atoms with Crippen LogP contribution in [-0.4, -0.2) is 25.4 Å². The smallest absolute Gasteiger partial charge is 0.160 e. The molecule has 1 aliphatic carbocycles. The molecule has 1 unspecified atom stereocenters. The molecule has 2 rings (SSSR count). The van der Waals surface area contributed by atoms with Gasteiger partial charge in [0, 0.05) is 0 Å². The third kappa shape index (κ3) is 3.64. The molecule has 1 N–H and O–H groups in total. The van der Waals surface area contributed by atoms with Crippen LogP contribution in [0.5, 0.6) is 11.5 Å². The highest BCUT2D eigenvalue weighted by atomic mass is 16.5. The van der Waals surface area contributed by atoms with E-state index in [1.807, 2.05) is 18.2 Å². The third-order valence-electron chi connectivity index (χ3n) is 3.52. The minimum atomic E-state index is -0.247. The van der Waals surface area contributed by atoms with E-state index < -0.39 is 0 Å². The van der Waals surface area contributed by atoms with Crippen molar-refractivity contribution in [2.45, 2.75) is 38.2 Å². The fraction of sp³-hybridized carbons (Fsp3) is 0.600. The van der Waals surface area contributed by atoms with Gasteiger partial charge in [-0.3, -0.25) is 0 Å². The monoisotopic (exact) mass is 250 g/mol. The first-order chi connectivity index (χ1) is 8.72. The van der Waals surface area contributed by atoms with Crippen LogP contribution in [-0.2, 0) is 6.42 Å². The van der Waals surface area contributed by atoms with Gasteiger partial charge in [0.2, 0.25) is 0 Å². The van der Waals surface area contributed by atoms with Gasteiger partial charge in [-0.05, 0) is 42.9 Å². The SMILES string of the molecule is COc1ccc(CC(O)CCC2CC2)cc1OC. The molecule has 0 saturated heterocycles. The highest BCUT2D eigenvalue weighted by Gasteiger charge is 2.22. The maximum Gasteiger partial charge on any atom is 0.160 e. The van der Waals surface area contributed by atoms with E-state index in [-0.39, 0.29) is 6.10 Å². The van der Waals surface area contributed by atoms with Crippen LogP contribution >= 0.6 is 0 Å². The predicted octanol–water partition coefficient (Wildman–Crippen LogP) is 2.80. The Bertz CT molecular complexity index is 385. The van der Waals surface area contributed by atoms with Crippen LogP contribution in [0.25, 0.3) is 0 Å². The van der Waals surface area contributed by atoms with Gasteiger partial charge in [-0.2, -0.15) is 0 Å². The number of aliphatic hydroxyl groups excluding tert-OH is 1. The van der Waals surface area contributed by atoms with Crippen molar-refractivity contribution < 1.29 is 14.6 Å². The molecule has 1 aromatic rings. The van der Waals surface area contributed by atoms with Gasteiger partial charge >= 0.3 is 0 Å². The predicted molar refractivity (Wildman–Crippen MR) is 71.2 cm³/mol. The Morgan fingerprint density at radius 2 is 1.94 bits per heavy atom. The Morgan fingerprint density at radius 3 is 2.56 bits per heavy atom. The number of rotatable bonds is 7. The zero-order valence-electron chi connectivity index (χ0n) is 11.2. The summed E-state index contributed by atoms with van der Waals surface area (Å²) in [5, 5.41) is 10.00.